The van der Waals surface area contributed by atoms with Crippen LogP contribution in [0.3, 0.4) is 0 Å². The Hall–Kier alpha value is -0.160. The average Bonchev–Trinajstić information content (AvgIpc) is 2.39. The minimum Gasteiger partial charge on any atom is -0.379 e. The van der Waals surface area contributed by atoms with Gasteiger partial charge in [0.05, 0.1) is 13.2 Å². The molecule has 0 amide bonds. The number of ether oxygens (including phenoxy) is 1. The van der Waals surface area contributed by atoms with E-state index in [9.17, 15) is 0 Å². The highest BCUT2D eigenvalue weighted by Crippen LogP contribution is 2.31. The number of hydrogen-bond donors (Lipinski definition) is 1. The molecule has 0 spiro atoms. The van der Waals surface area contributed by atoms with E-state index in [4.69, 9.17) is 10.5 Å². The summed E-state index contributed by atoms with van der Waals surface area (Å²) in [5.74, 6) is 0. The Morgan fingerprint density at radius 3 is 2.44 bits per heavy atom. The molecule has 4 nitrogen and oxygen atoms in total. The fourth-order valence-corrected chi connectivity index (χ4v) is 3.50. The largest absolute Gasteiger partial charge is 0.379 e. The highest BCUT2D eigenvalue weighted by atomic mass is 16.5. The lowest BCUT2D eigenvalue weighted by atomic mass is 9.84. The van der Waals surface area contributed by atoms with Crippen LogP contribution >= 0.6 is 0 Å². The number of likely N-dealkylation sites (tertiary alicyclic amines) is 1. The zero-order valence-electron chi connectivity index (χ0n) is 12.2. The molecule has 1 unspecified atom stereocenters. The van der Waals surface area contributed by atoms with E-state index in [1.165, 1.54) is 25.9 Å². The SMILES string of the molecule is CC(C)N1CCC(CN)(N2CCOCC2C)CC1. The summed E-state index contributed by atoms with van der Waals surface area (Å²) >= 11 is 0. The Morgan fingerprint density at radius 2 is 1.94 bits per heavy atom. The number of nitrogens with zero attached hydrogens (tertiary/aromatic N) is 2. The fraction of sp³-hybridized carbons (Fsp3) is 1.00. The summed E-state index contributed by atoms with van der Waals surface area (Å²) in [6, 6.07) is 1.16. The van der Waals surface area contributed by atoms with Crippen molar-refractivity contribution < 1.29 is 4.74 Å². The predicted octanol–water partition coefficient (Wildman–Crippen LogP) is 0.909. The molecule has 0 aromatic heterocycles. The van der Waals surface area contributed by atoms with Crippen LogP contribution in [0, 0.1) is 0 Å². The van der Waals surface area contributed by atoms with E-state index in [-0.39, 0.29) is 5.54 Å². The highest BCUT2D eigenvalue weighted by molar-refractivity contribution is 4.99. The van der Waals surface area contributed by atoms with E-state index in [2.05, 4.69) is 30.6 Å². The summed E-state index contributed by atoms with van der Waals surface area (Å²) in [4.78, 5) is 5.19. The van der Waals surface area contributed by atoms with Gasteiger partial charge in [0.15, 0.2) is 0 Å². The smallest absolute Gasteiger partial charge is 0.0620 e. The summed E-state index contributed by atoms with van der Waals surface area (Å²) in [6.45, 7) is 12.7. The van der Waals surface area contributed by atoms with Crippen molar-refractivity contribution in [1.82, 2.24) is 9.80 Å². The second-order valence-electron chi connectivity index (χ2n) is 6.18. The van der Waals surface area contributed by atoms with E-state index in [1.54, 1.807) is 0 Å². The second kappa shape index (κ2) is 5.87. The van der Waals surface area contributed by atoms with Crippen molar-refractivity contribution >= 4 is 0 Å². The zero-order valence-corrected chi connectivity index (χ0v) is 12.2. The van der Waals surface area contributed by atoms with E-state index < -0.39 is 0 Å². The van der Waals surface area contributed by atoms with E-state index >= 15 is 0 Å². The summed E-state index contributed by atoms with van der Waals surface area (Å²) in [7, 11) is 0. The zero-order chi connectivity index (χ0) is 13.2. The van der Waals surface area contributed by atoms with E-state index in [1.807, 2.05) is 0 Å². The number of rotatable bonds is 3. The lowest BCUT2D eigenvalue weighted by Crippen LogP contribution is -2.64. The molecule has 0 radical (unpaired) electrons. The minimum atomic E-state index is 0.217. The Labute approximate surface area is 111 Å². The summed E-state index contributed by atoms with van der Waals surface area (Å²) in [5.41, 5.74) is 6.37. The van der Waals surface area contributed by atoms with Crippen LogP contribution in [0.2, 0.25) is 0 Å². The molecule has 2 saturated heterocycles. The van der Waals surface area contributed by atoms with Gasteiger partial charge in [-0.25, -0.2) is 0 Å². The van der Waals surface area contributed by atoms with Gasteiger partial charge in [-0.2, -0.15) is 0 Å². The summed E-state index contributed by atoms with van der Waals surface area (Å²) < 4.78 is 5.56. The monoisotopic (exact) mass is 255 g/mol. The first-order valence-electron chi connectivity index (χ1n) is 7.38. The molecule has 1 atom stereocenters. The normalized spacial score (nSPS) is 30.8. The van der Waals surface area contributed by atoms with Gasteiger partial charge in [-0.1, -0.05) is 0 Å². The van der Waals surface area contributed by atoms with Crippen molar-refractivity contribution in [3.63, 3.8) is 0 Å². The molecule has 0 bridgehead atoms. The second-order valence-corrected chi connectivity index (χ2v) is 6.18. The van der Waals surface area contributed by atoms with Crippen LogP contribution in [0.1, 0.15) is 33.6 Å². The van der Waals surface area contributed by atoms with Crippen LogP contribution in [0.25, 0.3) is 0 Å². The molecule has 2 rings (SSSR count). The van der Waals surface area contributed by atoms with Gasteiger partial charge < -0.3 is 15.4 Å². The van der Waals surface area contributed by atoms with Crippen LogP contribution in [0.4, 0.5) is 0 Å². The highest BCUT2D eigenvalue weighted by Gasteiger charge is 2.41. The van der Waals surface area contributed by atoms with Gasteiger partial charge in [0.2, 0.25) is 0 Å². The predicted molar refractivity (Wildman–Crippen MR) is 74.7 cm³/mol. The van der Waals surface area contributed by atoms with Gasteiger partial charge >= 0.3 is 0 Å². The maximum absolute atomic E-state index is 6.15. The maximum Gasteiger partial charge on any atom is 0.0620 e. The Morgan fingerprint density at radius 1 is 1.28 bits per heavy atom. The summed E-state index contributed by atoms with van der Waals surface area (Å²) in [5, 5.41) is 0. The van der Waals surface area contributed by atoms with E-state index in [0.717, 1.165) is 26.3 Å². The molecule has 2 aliphatic heterocycles. The standard InChI is InChI=1S/C14H29N3O/c1-12(2)16-6-4-14(11-15,5-7-16)17-8-9-18-10-13(17)3/h12-13H,4-11,15H2,1-3H3. The molecule has 2 aliphatic rings. The van der Waals surface area contributed by atoms with Gasteiger partial charge in [0.25, 0.3) is 0 Å². The van der Waals surface area contributed by atoms with Crippen molar-refractivity contribution in [2.75, 3.05) is 39.4 Å². The molecule has 2 N–H and O–H groups in total. The molecular formula is C14H29N3O. The third kappa shape index (κ3) is 2.72. The quantitative estimate of drug-likeness (QED) is 0.814. The Balaban J connectivity index is 2.03. The molecule has 18 heavy (non-hydrogen) atoms. The lowest BCUT2D eigenvalue weighted by molar-refractivity contribution is -0.0781. The van der Waals surface area contributed by atoms with Gasteiger partial charge in [0, 0.05) is 43.8 Å². The summed E-state index contributed by atoms with van der Waals surface area (Å²) in [6.07, 6.45) is 2.40. The molecular weight excluding hydrogens is 226 g/mol. The first kappa shape index (κ1) is 14.3. The topological polar surface area (TPSA) is 41.7 Å². The Bertz CT molecular complexity index is 262. The van der Waals surface area contributed by atoms with E-state index in [0.29, 0.717) is 12.1 Å². The molecule has 106 valence electrons. The van der Waals surface area contributed by atoms with Crippen molar-refractivity contribution in [3.05, 3.63) is 0 Å². The minimum absolute atomic E-state index is 0.217. The average molecular weight is 255 g/mol. The van der Waals surface area contributed by atoms with Crippen molar-refractivity contribution in [1.29, 1.82) is 0 Å². The number of piperidine rings is 1. The molecule has 0 aliphatic carbocycles. The maximum atomic E-state index is 6.15. The molecule has 2 heterocycles. The number of hydrogen-bond acceptors (Lipinski definition) is 4. The molecule has 0 saturated carbocycles. The van der Waals surface area contributed by atoms with Gasteiger partial charge in [0.1, 0.15) is 0 Å². The molecule has 0 aromatic rings. The van der Waals surface area contributed by atoms with Crippen LogP contribution in [-0.2, 0) is 4.74 Å². The van der Waals surface area contributed by atoms with Crippen LogP contribution in [0.15, 0.2) is 0 Å². The van der Waals surface area contributed by atoms with Gasteiger partial charge in [-0.15, -0.1) is 0 Å². The molecule has 2 fully saturated rings. The van der Waals surface area contributed by atoms with Crippen molar-refractivity contribution in [2.24, 2.45) is 5.73 Å². The van der Waals surface area contributed by atoms with Crippen LogP contribution in [-0.4, -0.2) is 66.8 Å². The molecule has 4 heteroatoms. The van der Waals surface area contributed by atoms with Crippen molar-refractivity contribution in [2.45, 2.75) is 51.2 Å². The lowest BCUT2D eigenvalue weighted by Gasteiger charge is -2.52. The number of nitrogens with two attached hydrogens (primary N) is 1. The fourth-order valence-electron chi connectivity index (χ4n) is 3.50. The van der Waals surface area contributed by atoms with Crippen LogP contribution < -0.4 is 5.73 Å². The van der Waals surface area contributed by atoms with Crippen LogP contribution in [0.5, 0.6) is 0 Å². The van der Waals surface area contributed by atoms with Gasteiger partial charge in [-0.3, -0.25) is 4.90 Å². The Kier molecular flexibility index (Phi) is 4.64. The first-order chi connectivity index (χ1) is 8.59. The third-order valence-corrected chi connectivity index (χ3v) is 4.82. The van der Waals surface area contributed by atoms with Crippen molar-refractivity contribution in [3.8, 4) is 0 Å². The van der Waals surface area contributed by atoms with Gasteiger partial charge in [-0.05, 0) is 33.6 Å². The number of morpholine rings is 1. The third-order valence-electron chi connectivity index (χ3n) is 4.82. The molecule has 0 aromatic carbocycles. The first-order valence-corrected chi connectivity index (χ1v) is 7.38.